The molecule has 1 aromatic heterocycles. The molecule has 0 unspecified atom stereocenters. The molecule has 150 valence electrons. The summed E-state index contributed by atoms with van der Waals surface area (Å²) in [5.74, 6) is 0.0510. The molecule has 0 saturated carbocycles. The van der Waals surface area contributed by atoms with E-state index in [0.29, 0.717) is 44.1 Å². The number of piperazine rings is 1. The summed E-state index contributed by atoms with van der Waals surface area (Å²) in [5.41, 5.74) is 0.705. The van der Waals surface area contributed by atoms with Gasteiger partial charge in [0.1, 0.15) is 29.3 Å². The van der Waals surface area contributed by atoms with E-state index in [0.717, 1.165) is 10.9 Å². The molecule has 4 rings (SSSR count). The maximum absolute atomic E-state index is 13.6. The number of methoxy groups -OCH3 is 1. The van der Waals surface area contributed by atoms with E-state index in [1.165, 1.54) is 17.0 Å². The van der Waals surface area contributed by atoms with Crippen molar-refractivity contribution in [3.63, 3.8) is 0 Å². The summed E-state index contributed by atoms with van der Waals surface area (Å²) in [4.78, 5) is 28.0. The van der Waals surface area contributed by atoms with Gasteiger partial charge in [-0.25, -0.2) is 9.18 Å². The van der Waals surface area contributed by atoms with Gasteiger partial charge < -0.3 is 19.0 Å². The summed E-state index contributed by atoms with van der Waals surface area (Å²) >= 11 is 0. The van der Waals surface area contributed by atoms with Gasteiger partial charge in [-0.05, 0) is 30.3 Å². The molecule has 0 radical (unpaired) electrons. The van der Waals surface area contributed by atoms with E-state index in [2.05, 4.69) is 0 Å². The van der Waals surface area contributed by atoms with Crippen LogP contribution in [0.4, 0.5) is 4.39 Å². The molecule has 3 aromatic rings. The number of carbonyl (C=O) groups excluding carboxylic acids is 1. The van der Waals surface area contributed by atoms with Crippen LogP contribution in [-0.2, 0) is 6.54 Å². The van der Waals surface area contributed by atoms with Crippen molar-refractivity contribution in [2.24, 2.45) is 0 Å². The largest absolute Gasteiger partial charge is 0.496 e. The van der Waals surface area contributed by atoms with Crippen molar-refractivity contribution in [1.82, 2.24) is 4.90 Å². The normalized spacial score (nSPS) is 14.9. The van der Waals surface area contributed by atoms with Crippen LogP contribution < -0.4 is 15.3 Å². The third kappa shape index (κ3) is 4.00. The number of fused-ring (bicyclic) bond motifs is 1. The monoisotopic (exact) mass is 397 g/mol. The van der Waals surface area contributed by atoms with Gasteiger partial charge in [0.15, 0.2) is 0 Å². The minimum Gasteiger partial charge on any atom is -0.496 e. The van der Waals surface area contributed by atoms with Gasteiger partial charge in [0, 0.05) is 5.39 Å². The Bertz CT molecular complexity index is 1100. The van der Waals surface area contributed by atoms with Gasteiger partial charge in [0.2, 0.25) is 0 Å². The van der Waals surface area contributed by atoms with Crippen LogP contribution in [0.5, 0.6) is 5.75 Å². The van der Waals surface area contributed by atoms with Crippen molar-refractivity contribution in [2.75, 3.05) is 33.3 Å². The summed E-state index contributed by atoms with van der Waals surface area (Å²) in [6.07, 6.45) is 0. The van der Waals surface area contributed by atoms with Gasteiger partial charge in [-0.3, -0.25) is 4.79 Å². The molecule has 2 heterocycles. The van der Waals surface area contributed by atoms with E-state index in [1.54, 1.807) is 36.3 Å². The Labute approximate surface area is 167 Å². The number of para-hydroxylation sites is 1. The standard InChI is InChI=1S/C22H21FN2O4/c1-28-19-7-6-17(23)12-16(19)14-24-8-10-25(11-9-24)21(26)18-13-15-4-2-3-5-20(15)29-22(18)27/h2-7,12-13H,8-11,14H2,1H3/p+1. The summed E-state index contributed by atoms with van der Waals surface area (Å²) < 4.78 is 24.2. The molecule has 1 N–H and O–H groups in total. The Morgan fingerprint density at radius 1 is 1.17 bits per heavy atom. The summed E-state index contributed by atoms with van der Waals surface area (Å²) in [6, 6.07) is 13.2. The molecule has 7 heteroatoms. The highest BCUT2D eigenvalue weighted by Crippen LogP contribution is 2.18. The highest BCUT2D eigenvalue weighted by atomic mass is 19.1. The fraction of sp³-hybridized carbons (Fsp3) is 0.273. The van der Waals surface area contributed by atoms with Crippen LogP contribution in [-0.4, -0.2) is 44.1 Å². The Morgan fingerprint density at radius 3 is 2.69 bits per heavy atom. The SMILES string of the molecule is COc1ccc(F)cc1C[NH+]1CCN(C(=O)c2cc3ccccc3oc2=O)CC1. The second kappa shape index (κ2) is 8.05. The predicted octanol–water partition coefficient (Wildman–Crippen LogP) is 1.48. The number of rotatable bonds is 4. The lowest BCUT2D eigenvalue weighted by Crippen LogP contribution is -3.13. The quantitative estimate of drug-likeness (QED) is 0.678. The number of halogens is 1. The van der Waals surface area contributed by atoms with Crippen molar-refractivity contribution in [3.05, 3.63) is 75.9 Å². The number of carbonyl (C=O) groups is 1. The van der Waals surface area contributed by atoms with Gasteiger partial charge in [-0.1, -0.05) is 18.2 Å². The average molecular weight is 397 g/mol. The summed E-state index contributed by atoms with van der Waals surface area (Å²) in [5, 5.41) is 0.720. The zero-order valence-electron chi connectivity index (χ0n) is 16.1. The Balaban J connectivity index is 1.45. The molecule has 1 saturated heterocycles. The maximum Gasteiger partial charge on any atom is 0.349 e. The maximum atomic E-state index is 13.6. The minimum absolute atomic E-state index is 0.0546. The highest BCUT2D eigenvalue weighted by molar-refractivity contribution is 5.96. The smallest absolute Gasteiger partial charge is 0.349 e. The number of nitrogens with one attached hydrogen (secondary N) is 1. The Morgan fingerprint density at radius 2 is 1.93 bits per heavy atom. The molecule has 0 aliphatic carbocycles. The third-order valence-electron chi connectivity index (χ3n) is 5.31. The van der Waals surface area contributed by atoms with E-state index in [9.17, 15) is 14.0 Å². The molecular formula is C22H22FN2O4+. The first-order chi connectivity index (χ1) is 14.0. The fourth-order valence-corrected chi connectivity index (χ4v) is 3.74. The first kappa shape index (κ1) is 19.1. The molecule has 29 heavy (non-hydrogen) atoms. The number of nitrogens with zero attached hydrogens (tertiary/aromatic N) is 1. The van der Waals surface area contributed by atoms with Gasteiger partial charge in [-0.2, -0.15) is 0 Å². The lowest BCUT2D eigenvalue weighted by Gasteiger charge is -2.32. The van der Waals surface area contributed by atoms with E-state index < -0.39 is 5.63 Å². The van der Waals surface area contributed by atoms with Gasteiger partial charge in [0.25, 0.3) is 5.91 Å². The fourth-order valence-electron chi connectivity index (χ4n) is 3.74. The van der Waals surface area contributed by atoms with Crippen molar-refractivity contribution in [2.45, 2.75) is 6.54 Å². The van der Waals surface area contributed by atoms with E-state index >= 15 is 0 Å². The average Bonchev–Trinajstić information content (AvgIpc) is 2.73. The molecule has 6 nitrogen and oxygen atoms in total. The zero-order valence-corrected chi connectivity index (χ0v) is 16.1. The molecule has 1 fully saturated rings. The van der Waals surface area contributed by atoms with Crippen LogP contribution in [0.1, 0.15) is 15.9 Å². The molecule has 0 spiro atoms. The van der Waals surface area contributed by atoms with Crippen molar-refractivity contribution >= 4 is 16.9 Å². The Hall–Kier alpha value is -3.19. The van der Waals surface area contributed by atoms with Crippen LogP contribution in [0.25, 0.3) is 11.0 Å². The van der Waals surface area contributed by atoms with Crippen LogP contribution in [0.3, 0.4) is 0 Å². The van der Waals surface area contributed by atoms with E-state index in [1.807, 2.05) is 12.1 Å². The van der Waals surface area contributed by atoms with Crippen molar-refractivity contribution < 1.29 is 23.2 Å². The van der Waals surface area contributed by atoms with E-state index in [4.69, 9.17) is 9.15 Å². The molecule has 0 bridgehead atoms. The summed E-state index contributed by atoms with van der Waals surface area (Å²) in [7, 11) is 1.57. The molecule has 1 amide bonds. The lowest BCUT2D eigenvalue weighted by atomic mass is 10.1. The first-order valence-corrected chi connectivity index (χ1v) is 9.53. The molecule has 1 aliphatic rings. The highest BCUT2D eigenvalue weighted by Gasteiger charge is 2.27. The second-order valence-corrected chi connectivity index (χ2v) is 7.16. The molecular weight excluding hydrogens is 375 g/mol. The van der Waals surface area contributed by atoms with Gasteiger partial charge in [-0.15, -0.1) is 0 Å². The number of hydrogen-bond acceptors (Lipinski definition) is 4. The number of quaternary nitrogens is 1. The predicted molar refractivity (Wildman–Crippen MR) is 106 cm³/mol. The van der Waals surface area contributed by atoms with E-state index in [-0.39, 0.29) is 17.3 Å². The van der Waals surface area contributed by atoms with Crippen LogP contribution in [0, 0.1) is 5.82 Å². The first-order valence-electron chi connectivity index (χ1n) is 9.53. The topological polar surface area (TPSA) is 64.2 Å². The number of ether oxygens (including phenoxy) is 1. The number of hydrogen-bond donors (Lipinski definition) is 1. The molecule has 0 atom stereocenters. The van der Waals surface area contributed by atoms with Crippen molar-refractivity contribution in [3.8, 4) is 5.75 Å². The number of benzene rings is 2. The zero-order chi connectivity index (χ0) is 20.4. The van der Waals surface area contributed by atoms with Crippen LogP contribution in [0.15, 0.2) is 57.7 Å². The van der Waals surface area contributed by atoms with Crippen LogP contribution >= 0.6 is 0 Å². The summed E-state index contributed by atoms with van der Waals surface area (Å²) in [6.45, 7) is 3.03. The van der Waals surface area contributed by atoms with Gasteiger partial charge in [0.05, 0.1) is 38.9 Å². The molecule has 2 aromatic carbocycles. The third-order valence-corrected chi connectivity index (χ3v) is 5.31. The molecule has 1 aliphatic heterocycles. The Kier molecular flexibility index (Phi) is 5.31. The second-order valence-electron chi connectivity index (χ2n) is 7.16. The minimum atomic E-state index is -0.618. The lowest BCUT2D eigenvalue weighted by molar-refractivity contribution is -0.917. The van der Waals surface area contributed by atoms with Gasteiger partial charge >= 0.3 is 5.63 Å². The van der Waals surface area contributed by atoms with Crippen molar-refractivity contribution in [1.29, 1.82) is 0 Å². The number of amides is 1. The van der Waals surface area contributed by atoms with Crippen LogP contribution in [0.2, 0.25) is 0 Å².